The lowest BCUT2D eigenvalue weighted by Gasteiger charge is -2.08. The van der Waals surface area contributed by atoms with E-state index in [9.17, 15) is 10.1 Å². The highest BCUT2D eigenvalue weighted by atomic mass is 16.6. The van der Waals surface area contributed by atoms with E-state index in [1.807, 2.05) is 17.7 Å². The smallest absolute Gasteiger partial charge is 0.276 e. The average Bonchev–Trinajstić information content (AvgIpc) is 2.92. The Balaban J connectivity index is 2.03. The predicted molar refractivity (Wildman–Crippen MR) is 75.8 cm³/mol. The Bertz CT molecular complexity index is 569. The van der Waals surface area contributed by atoms with E-state index in [4.69, 9.17) is 0 Å². The number of rotatable bonds is 7. The maximum Gasteiger partial charge on any atom is 0.276 e. The van der Waals surface area contributed by atoms with E-state index in [1.165, 1.54) is 12.1 Å². The number of hydrogen-bond donors (Lipinski definition) is 2. The van der Waals surface area contributed by atoms with Crippen molar-refractivity contribution in [1.29, 1.82) is 0 Å². The van der Waals surface area contributed by atoms with Gasteiger partial charge in [-0.3, -0.25) is 10.1 Å². The quantitative estimate of drug-likeness (QED) is 0.590. The molecule has 0 aliphatic heterocycles. The molecule has 8 heteroatoms. The van der Waals surface area contributed by atoms with Crippen molar-refractivity contribution in [2.24, 2.45) is 0 Å². The zero-order valence-corrected chi connectivity index (χ0v) is 11.1. The number of aromatic nitrogens is 3. The molecule has 2 N–H and O–H groups in total. The van der Waals surface area contributed by atoms with Crippen LogP contribution in [0.15, 0.2) is 30.9 Å². The Hall–Kier alpha value is -2.64. The van der Waals surface area contributed by atoms with Gasteiger partial charge in [-0.25, -0.2) is 9.97 Å². The number of hydrogen-bond acceptors (Lipinski definition) is 6. The Morgan fingerprint density at radius 3 is 2.70 bits per heavy atom. The maximum absolute atomic E-state index is 10.9. The second kappa shape index (κ2) is 6.50. The van der Waals surface area contributed by atoms with E-state index < -0.39 is 4.92 Å². The molecule has 0 aliphatic rings. The van der Waals surface area contributed by atoms with Gasteiger partial charge in [0, 0.05) is 32.0 Å². The minimum atomic E-state index is -0.427. The summed E-state index contributed by atoms with van der Waals surface area (Å²) in [5.41, 5.74) is 0.0149. The lowest BCUT2D eigenvalue weighted by Crippen LogP contribution is -2.11. The van der Waals surface area contributed by atoms with Crippen LogP contribution in [0.25, 0.3) is 0 Å². The molecule has 0 fully saturated rings. The van der Waals surface area contributed by atoms with Gasteiger partial charge in [0.2, 0.25) is 0 Å². The molecule has 2 rings (SSSR count). The van der Waals surface area contributed by atoms with Crippen LogP contribution in [0.4, 0.5) is 17.3 Å². The molecule has 0 amide bonds. The Kier molecular flexibility index (Phi) is 4.48. The summed E-state index contributed by atoms with van der Waals surface area (Å²) < 4.78 is 1.91. The van der Waals surface area contributed by atoms with Crippen LogP contribution in [0, 0.1) is 10.1 Å². The van der Waals surface area contributed by atoms with Gasteiger partial charge in [-0.2, -0.15) is 0 Å². The molecule has 2 aromatic heterocycles. The summed E-state index contributed by atoms with van der Waals surface area (Å²) in [5, 5.41) is 16.9. The van der Waals surface area contributed by atoms with E-state index in [0.29, 0.717) is 31.3 Å². The molecule has 0 atom stereocenters. The normalized spacial score (nSPS) is 10.2. The molecule has 2 aromatic rings. The molecule has 106 valence electrons. The third kappa shape index (κ3) is 3.67. The molecule has 0 aliphatic carbocycles. The van der Waals surface area contributed by atoms with Gasteiger partial charge >= 0.3 is 0 Å². The van der Waals surface area contributed by atoms with Gasteiger partial charge in [0.1, 0.15) is 11.6 Å². The molecular formula is C12H16N6O2. The van der Waals surface area contributed by atoms with Gasteiger partial charge in [-0.15, -0.1) is 0 Å². The first-order valence-electron chi connectivity index (χ1n) is 6.29. The van der Waals surface area contributed by atoms with Gasteiger partial charge in [0.05, 0.1) is 23.4 Å². The lowest BCUT2D eigenvalue weighted by atomic mass is 10.3. The molecule has 0 saturated heterocycles. The molecule has 0 unspecified atom stereocenters. The van der Waals surface area contributed by atoms with E-state index in [0.717, 1.165) is 0 Å². The first kappa shape index (κ1) is 13.8. The molecule has 20 heavy (non-hydrogen) atoms. The van der Waals surface area contributed by atoms with Crippen molar-refractivity contribution in [3.8, 4) is 0 Å². The van der Waals surface area contributed by atoms with Crippen LogP contribution in [0.3, 0.4) is 0 Å². The monoisotopic (exact) mass is 276 g/mol. The number of anilines is 2. The molecule has 2 heterocycles. The lowest BCUT2D eigenvalue weighted by molar-refractivity contribution is -0.384. The highest BCUT2D eigenvalue weighted by Gasteiger charge is 2.10. The van der Waals surface area contributed by atoms with Gasteiger partial charge in [0.15, 0.2) is 0 Å². The summed E-state index contributed by atoms with van der Waals surface area (Å²) in [6.45, 7) is 3.88. The molecule has 0 saturated carbocycles. The summed E-state index contributed by atoms with van der Waals surface area (Å²) in [4.78, 5) is 18.7. The Morgan fingerprint density at radius 1 is 1.35 bits per heavy atom. The average molecular weight is 276 g/mol. The second-order valence-corrected chi connectivity index (χ2v) is 4.11. The summed E-state index contributed by atoms with van der Waals surface area (Å²) in [6, 6.07) is 2.85. The van der Waals surface area contributed by atoms with Crippen LogP contribution in [-0.4, -0.2) is 32.5 Å². The van der Waals surface area contributed by atoms with Gasteiger partial charge in [-0.1, -0.05) is 0 Å². The fraction of sp³-hybridized carbons (Fsp3) is 0.333. The third-order valence-electron chi connectivity index (χ3n) is 2.61. The van der Waals surface area contributed by atoms with Crippen molar-refractivity contribution in [3.05, 3.63) is 41.0 Å². The van der Waals surface area contributed by atoms with Crippen molar-refractivity contribution >= 4 is 17.3 Å². The van der Waals surface area contributed by atoms with Gasteiger partial charge in [0.25, 0.3) is 5.69 Å². The Morgan fingerprint density at radius 2 is 2.10 bits per heavy atom. The standard InChI is InChI=1S/C12H16N6O2/c1-2-14-11-7-10(18(19)20)8-12(16-11)15-4-6-17-5-3-13-9-17/h3,5,7-9H,2,4,6H2,1H3,(H2,14,15,16). The van der Waals surface area contributed by atoms with Crippen molar-refractivity contribution in [1.82, 2.24) is 14.5 Å². The second-order valence-electron chi connectivity index (χ2n) is 4.11. The van der Waals surface area contributed by atoms with Crippen LogP contribution in [0.1, 0.15) is 6.92 Å². The van der Waals surface area contributed by atoms with Crippen molar-refractivity contribution < 1.29 is 4.92 Å². The summed E-state index contributed by atoms with van der Waals surface area (Å²) in [6.07, 6.45) is 5.27. The zero-order valence-electron chi connectivity index (χ0n) is 11.1. The first-order chi connectivity index (χ1) is 9.69. The fourth-order valence-electron chi connectivity index (χ4n) is 1.72. The Labute approximate surface area is 116 Å². The van der Waals surface area contributed by atoms with Crippen LogP contribution in [0.5, 0.6) is 0 Å². The van der Waals surface area contributed by atoms with E-state index in [2.05, 4.69) is 20.6 Å². The fourth-order valence-corrected chi connectivity index (χ4v) is 1.72. The highest BCUT2D eigenvalue weighted by Crippen LogP contribution is 2.20. The SMILES string of the molecule is CCNc1cc([N+](=O)[O-])cc(NCCn2ccnc2)n1. The minimum Gasteiger partial charge on any atom is -0.370 e. The number of nitro groups is 1. The first-order valence-corrected chi connectivity index (χ1v) is 6.29. The third-order valence-corrected chi connectivity index (χ3v) is 2.61. The van der Waals surface area contributed by atoms with E-state index in [-0.39, 0.29) is 5.69 Å². The van der Waals surface area contributed by atoms with Gasteiger partial charge < -0.3 is 15.2 Å². The topological polar surface area (TPSA) is 97.9 Å². The van der Waals surface area contributed by atoms with Gasteiger partial charge in [-0.05, 0) is 6.92 Å². The molecule has 0 radical (unpaired) electrons. The van der Waals surface area contributed by atoms with E-state index >= 15 is 0 Å². The summed E-state index contributed by atoms with van der Waals surface area (Å²) in [5.74, 6) is 0.974. The number of nitrogens with zero attached hydrogens (tertiary/aromatic N) is 4. The molecule has 8 nitrogen and oxygen atoms in total. The molecule has 0 spiro atoms. The minimum absolute atomic E-state index is 0.0149. The van der Waals surface area contributed by atoms with Crippen LogP contribution in [-0.2, 0) is 6.54 Å². The van der Waals surface area contributed by atoms with Crippen molar-refractivity contribution in [2.45, 2.75) is 13.5 Å². The number of pyridine rings is 1. The molecular weight excluding hydrogens is 260 g/mol. The zero-order chi connectivity index (χ0) is 14.4. The molecule has 0 aromatic carbocycles. The number of imidazole rings is 1. The van der Waals surface area contributed by atoms with E-state index in [1.54, 1.807) is 12.5 Å². The van der Waals surface area contributed by atoms with Crippen molar-refractivity contribution in [3.63, 3.8) is 0 Å². The highest BCUT2D eigenvalue weighted by molar-refractivity contribution is 5.54. The summed E-state index contributed by atoms with van der Waals surface area (Å²) in [7, 11) is 0. The van der Waals surface area contributed by atoms with Crippen LogP contribution < -0.4 is 10.6 Å². The largest absolute Gasteiger partial charge is 0.370 e. The van der Waals surface area contributed by atoms with Crippen LogP contribution in [0.2, 0.25) is 0 Å². The predicted octanol–water partition coefficient (Wildman–Crippen LogP) is 1.73. The maximum atomic E-state index is 10.9. The molecule has 0 bridgehead atoms. The summed E-state index contributed by atoms with van der Waals surface area (Å²) >= 11 is 0. The number of nitrogens with one attached hydrogen (secondary N) is 2. The van der Waals surface area contributed by atoms with Crippen molar-refractivity contribution in [2.75, 3.05) is 23.7 Å². The van der Waals surface area contributed by atoms with Crippen LogP contribution >= 0.6 is 0 Å².